The van der Waals surface area contributed by atoms with Gasteiger partial charge >= 0.3 is 5.97 Å². The Morgan fingerprint density at radius 3 is 2.71 bits per heavy atom. The van der Waals surface area contributed by atoms with Gasteiger partial charge in [0.2, 0.25) is 0 Å². The third-order valence-corrected chi connectivity index (χ3v) is 1.91. The predicted octanol–water partition coefficient (Wildman–Crippen LogP) is 2.81. The van der Waals surface area contributed by atoms with Gasteiger partial charge in [-0.05, 0) is 38.0 Å². The molecule has 0 aliphatic heterocycles. The van der Waals surface area contributed by atoms with Crippen LogP contribution in [0, 0.1) is 0 Å². The highest BCUT2D eigenvalue weighted by Gasteiger charge is 2.08. The van der Waals surface area contributed by atoms with Crippen molar-refractivity contribution in [3.8, 4) is 0 Å². The van der Waals surface area contributed by atoms with Crippen LogP contribution in [-0.4, -0.2) is 12.1 Å². The van der Waals surface area contributed by atoms with Crippen LogP contribution >= 0.6 is 0 Å². The van der Waals surface area contributed by atoms with Crippen molar-refractivity contribution in [2.75, 3.05) is 0 Å². The fourth-order valence-corrected chi connectivity index (χ4v) is 1.20. The smallest absolute Gasteiger partial charge is 0.338 e. The Morgan fingerprint density at radius 2 is 2.14 bits per heavy atom. The molecule has 0 fully saturated rings. The molecule has 0 N–H and O–H groups in total. The van der Waals surface area contributed by atoms with Gasteiger partial charge < -0.3 is 4.74 Å². The van der Waals surface area contributed by atoms with E-state index >= 15 is 0 Å². The minimum atomic E-state index is -0.240. The van der Waals surface area contributed by atoms with E-state index in [2.05, 4.69) is 6.92 Å². The molecule has 0 bridgehead atoms. The van der Waals surface area contributed by atoms with Gasteiger partial charge in [-0.2, -0.15) is 0 Å². The highest BCUT2D eigenvalue weighted by atomic mass is 16.5. The van der Waals surface area contributed by atoms with Crippen LogP contribution in [-0.2, 0) is 11.2 Å². The second-order valence-corrected chi connectivity index (χ2v) is 3.51. The molecule has 0 amide bonds. The number of rotatable bonds is 3. The number of carbonyl (C=O) groups excluding carboxylic acids is 1. The Kier molecular flexibility index (Phi) is 3.69. The molecule has 0 aliphatic rings. The first-order valence-electron chi connectivity index (χ1n) is 4.93. The lowest BCUT2D eigenvalue weighted by molar-refractivity contribution is 0.0378. The van der Waals surface area contributed by atoms with E-state index in [4.69, 9.17) is 4.74 Å². The second kappa shape index (κ2) is 4.80. The maximum atomic E-state index is 11.5. The fraction of sp³-hybridized carbons (Fsp3) is 0.417. The molecular weight excluding hydrogens is 176 g/mol. The van der Waals surface area contributed by atoms with Gasteiger partial charge in [0.05, 0.1) is 11.7 Å². The summed E-state index contributed by atoms with van der Waals surface area (Å²) in [6.07, 6.45) is 0.871. The number of carbonyl (C=O) groups is 1. The average Bonchev–Trinajstić information content (AvgIpc) is 2.17. The van der Waals surface area contributed by atoms with Crippen molar-refractivity contribution < 1.29 is 9.53 Å². The molecule has 0 atom stereocenters. The highest BCUT2D eigenvalue weighted by Crippen LogP contribution is 2.08. The Balaban J connectivity index is 2.79. The molecule has 1 rings (SSSR count). The number of ether oxygens (including phenoxy) is 1. The van der Waals surface area contributed by atoms with Crippen molar-refractivity contribution in [2.24, 2.45) is 0 Å². The quantitative estimate of drug-likeness (QED) is 0.688. The fourth-order valence-electron chi connectivity index (χ4n) is 1.20. The SMILES string of the molecule is CCc1cccc(C(=O)OC(C)C)c1. The molecule has 1 aromatic carbocycles. The van der Waals surface area contributed by atoms with Gasteiger partial charge in [-0.1, -0.05) is 19.1 Å². The molecule has 2 nitrogen and oxygen atoms in total. The van der Waals surface area contributed by atoms with Crippen LogP contribution in [0.5, 0.6) is 0 Å². The van der Waals surface area contributed by atoms with Crippen molar-refractivity contribution in [1.82, 2.24) is 0 Å². The summed E-state index contributed by atoms with van der Waals surface area (Å²) < 4.78 is 5.10. The van der Waals surface area contributed by atoms with E-state index in [-0.39, 0.29) is 12.1 Å². The van der Waals surface area contributed by atoms with Gasteiger partial charge in [-0.15, -0.1) is 0 Å². The van der Waals surface area contributed by atoms with Gasteiger partial charge in [0.25, 0.3) is 0 Å². The lowest BCUT2D eigenvalue weighted by atomic mass is 10.1. The van der Waals surface area contributed by atoms with Crippen LogP contribution in [0.2, 0.25) is 0 Å². The summed E-state index contributed by atoms with van der Waals surface area (Å²) in [5, 5.41) is 0. The lowest BCUT2D eigenvalue weighted by Gasteiger charge is -2.08. The number of hydrogen-bond acceptors (Lipinski definition) is 2. The molecule has 1 aromatic rings. The monoisotopic (exact) mass is 192 g/mol. The second-order valence-electron chi connectivity index (χ2n) is 3.51. The maximum Gasteiger partial charge on any atom is 0.338 e. The van der Waals surface area contributed by atoms with Gasteiger partial charge in [0.1, 0.15) is 0 Å². The van der Waals surface area contributed by atoms with Gasteiger partial charge in [0, 0.05) is 0 Å². The molecule has 0 heterocycles. The van der Waals surface area contributed by atoms with Gasteiger partial charge in [-0.3, -0.25) is 0 Å². The number of esters is 1. The van der Waals surface area contributed by atoms with E-state index in [0.717, 1.165) is 12.0 Å². The topological polar surface area (TPSA) is 26.3 Å². The third kappa shape index (κ3) is 2.87. The first-order chi connectivity index (χ1) is 6.63. The molecule has 76 valence electrons. The Morgan fingerprint density at radius 1 is 1.43 bits per heavy atom. The molecule has 0 aromatic heterocycles. The first kappa shape index (κ1) is 10.8. The van der Waals surface area contributed by atoms with Crippen molar-refractivity contribution in [2.45, 2.75) is 33.3 Å². The zero-order valence-corrected chi connectivity index (χ0v) is 8.91. The lowest BCUT2D eigenvalue weighted by Crippen LogP contribution is -2.11. The van der Waals surface area contributed by atoms with Crippen molar-refractivity contribution in [3.63, 3.8) is 0 Å². The molecule has 0 unspecified atom stereocenters. The summed E-state index contributed by atoms with van der Waals surface area (Å²) in [5.74, 6) is -0.240. The molecule has 2 heteroatoms. The summed E-state index contributed by atoms with van der Waals surface area (Å²) in [6, 6.07) is 7.55. The van der Waals surface area contributed by atoms with Crippen molar-refractivity contribution in [1.29, 1.82) is 0 Å². The number of benzene rings is 1. The zero-order valence-electron chi connectivity index (χ0n) is 8.91. The van der Waals surface area contributed by atoms with E-state index in [9.17, 15) is 4.79 Å². The molecular formula is C12H16O2. The summed E-state index contributed by atoms with van der Waals surface area (Å²) >= 11 is 0. The maximum absolute atomic E-state index is 11.5. The van der Waals surface area contributed by atoms with E-state index in [0.29, 0.717) is 5.56 Å². The molecule has 0 saturated heterocycles. The molecule has 0 radical (unpaired) electrons. The van der Waals surface area contributed by atoms with Crippen molar-refractivity contribution >= 4 is 5.97 Å². The van der Waals surface area contributed by atoms with E-state index < -0.39 is 0 Å². The summed E-state index contributed by atoms with van der Waals surface area (Å²) in [5.41, 5.74) is 1.79. The zero-order chi connectivity index (χ0) is 10.6. The Labute approximate surface area is 84.9 Å². The van der Waals surface area contributed by atoms with Crippen LogP contribution in [0.1, 0.15) is 36.7 Å². The Bertz CT molecular complexity index is 316. The highest BCUT2D eigenvalue weighted by molar-refractivity contribution is 5.89. The van der Waals surface area contributed by atoms with E-state index in [1.54, 1.807) is 6.07 Å². The minimum Gasteiger partial charge on any atom is -0.459 e. The van der Waals surface area contributed by atoms with Crippen LogP contribution in [0.3, 0.4) is 0 Å². The Hall–Kier alpha value is -1.31. The van der Waals surface area contributed by atoms with Crippen LogP contribution in [0.15, 0.2) is 24.3 Å². The first-order valence-corrected chi connectivity index (χ1v) is 4.93. The standard InChI is InChI=1S/C12H16O2/c1-4-10-6-5-7-11(8-10)12(13)14-9(2)3/h5-9H,4H2,1-3H3. The van der Waals surface area contributed by atoms with Gasteiger partial charge in [-0.25, -0.2) is 4.79 Å². The van der Waals surface area contributed by atoms with Crippen LogP contribution < -0.4 is 0 Å². The van der Waals surface area contributed by atoms with Crippen LogP contribution in [0.4, 0.5) is 0 Å². The van der Waals surface area contributed by atoms with Crippen LogP contribution in [0.25, 0.3) is 0 Å². The van der Waals surface area contributed by atoms with E-state index in [1.807, 2.05) is 32.0 Å². The minimum absolute atomic E-state index is 0.0622. The van der Waals surface area contributed by atoms with E-state index in [1.165, 1.54) is 0 Å². The number of aryl methyl sites for hydroxylation is 1. The molecule has 14 heavy (non-hydrogen) atoms. The summed E-state index contributed by atoms with van der Waals surface area (Å²) in [6.45, 7) is 5.76. The van der Waals surface area contributed by atoms with Gasteiger partial charge in [0.15, 0.2) is 0 Å². The predicted molar refractivity (Wildman–Crippen MR) is 56.4 cm³/mol. The number of hydrogen-bond donors (Lipinski definition) is 0. The summed E-state index contributed by atoms with van der Waals surface area (Å²) in [7, 11) is 0. The van der Waals surface area contributed by atoms with Crippen molar-refractivity contribution in [3.05, 3.63) is 35.4 Å². The largest absolute Gasteiger partial charge is 0.459 e. The molecule has 0 spiro atoms. The average molecular weight is 192 g/mol. The summed E-state index contributed by atoms with van der Waals surface area (Å²) in [4.78, 5) is 11.5. The molecule has 0 saturated carbocycles. The normalized spacial score (nSPS) is 10.3. The third-order valence-electron chi connectivity index (χ3n) is 1.91. The molecule has 0 aliphatic carbocycles.